The van der Waals surface area contributed by atoms with Crippen LogP contribution in [0, 0.1) is 0 Å². The lowest BCUT2D eigenvalue weighted by molar-refractivity contribution is 0.590. The molecule has 0 amide bonds. The molecule has 1 heterocycles. The van der Waals surface area contributed by atoms with Crippen LogP contribution >= 0.6 is 0 Å². The Bertz CT molecular complexity index is 1020. The predicted molar refractivity (Wildman–Crippen MR) is 113 cm³/mol. The van der Waals surface area contributed by atoms with E-state index in [9.17, 15) is 0 Å². The average Bonchev–Trinajstić information content (AvgIpc) is 3.14. The van der Waals surface area contributed by atoms with Crippen LogP contribution in [-0.2, 0) is 5.41 Å². The van der Waals surface area contributed by atoms with Crippen molar-refractivity contribution < 1.29 is 0 Å². The van der Waals surface area contributed by atoms with E-state index in [2.05, 4.69) is 87.5 Å². The summed E-state index contributed by atoms with van der Waals surface area (Å²) in [6.07, 6.45) is 0. The predicted octanol–water partition coefficient (Wildman–Crippen LogP) is 6.50. The highest BCUT2D eigenvalue weighted by atomic mass is 15.3. The number of nitrogens with zero attached hydrogens (tertiary/aromatic N) is 2. The van der Waals surface area contributed by atoms with Crippen molar-refractivity contribution in [2.24, 2.45) is 0 Å². The minimum Gasteiger partial charge on any atom is -0.232 e. The highest BCUT2D eigenvalue weighted by Gasteiger charge is 2.16. The van der Waals surface area contributed by atoms with Crippen molar-refractivity contribution in [1.29, 1.82) is 0 Å². The Hall–Kier alpha value is -3.13. The Morgan fingerprint density at radius 1 is 0.667 bits per heavy atom. The van der Waals surface area contributed by atoms with E-state index >= 15 is 0 Å². The molecule has 0 aliphatic heterocycles. The number of rotatable bonds is 3. The lowest BCUT2D eigenvalue weighted by Gasteiger charge is -2.19. The van der Waals surface area contributed by atoms with E-state index in [1.807, 2.05) is 28.9 Å². The fourth-order valence-corrected chi connectivity index (χ4v) is 3.24. The number of benzene rings is 3. The molecule has 0 saturated heterocycles. The zero-order valence-corrected chi connectivity index (χ0v) is 16.1. The summed E-state index contributed by atoms with van der Waals surface area (Å²) in [4.78, 5) is 0. The van der Waals surface area contributed by atoms with Crippen molar-refractivity contribution in [3.05, 3.63) is 96.6 Å². The third-order valence-electron chi connectivity index (χ3n) is 4.83. The van der Waals surface area contributed by atoms with Crippen molar-refractivity contribution in [3.63, 3.8) is 0 Å². The van der Waals surface area contributed by atoms with Crippen molar-refractivity contribution in [2.45, 2.75) is 26.2 Å². The molecule has 0 aliphatic rings. The first-order chi connectivity index (χ1) is 13.0. The second kappa shape index (κ2) is 6.88. The molecule has 0 radical (unpaired) electrons. The smallest absolute Gasteiger partial charge is 0.0934 e. The van der Waals surface area contributed by atoms with Crippen LogP contribution in [-0.4, -0.2) is 9.78 Å². The zero-order valence-electron chi connectivity index (χ0n) is 16.1. The normalized spacial score (nSPS) is 11.5. The molecule has 0 fully saturated rings. The van der Waals surface area contributed by atoms with Crippen molar-refractivity contribution >= 4 is 0 Å². The van der Waals surface area contributed by atoms with Crippen LogP contribution in [0.4, 0.5) is 0 Å². The molecule has 2 nitrogen and oxygen atoms in total. The van der Waals surface area contributed by atoms with E-state index in [0.29, 0.717) is 0 Å². The summed E-state index contributed by atoms with van der Waals surface area (Å²) >= 11 is 0. The molecule has 27 heavy (non-hydrogen) atoms. The number of hydrogen-bond acceptors (Lipinski definition) is 1. The molecule has 0 N–H and O–H groups in total. The van der Waals surface area contributed by atoms with Gasteiger partial charge in [0.2, 0.25) is 0 Å². The molecule has 0 saturated carbocycles. The molecule has 4 rings (SSSR count). The van der Waals surface area contributed by atoms with Crippen LogP contribution in [0.2, 0.25) is 0 Å². The van der Waals surface area contributed by atoms with E-state index in [1.165, 1.54) is 11.1 Å². The van der Waals surface area contributed by atoms with Crippen LogP contribution in [0.25, 0.3) is 28.2 Å². The second-order valence-corrected chi connectivity index (χ2v) is 7.86. The summed E-state index contributed by atoms with van der Waals surface area (Å²) in [5, 5.41) is 4.91. The molecule has 0 aliphatic carbocycles. The Morgan fingerprint density at radius 2 is 1.26 bits per heavy atom. The fraction of sp³-hybridized carbons (Fsp3) is 0.160. The van der Waals surface area contributed by atoms with Crippen LogP contribution in [0.3, 0.4) is 0 Å². The highest BCUT2D eigenvalue weighted by molar-refractivity contribution is 5.70. The third-order valence-corrected chi connectivity index (χ3v) is 4.83. The van der Waals surface area contributed by atoms with Crippen LogP contribution in [0.15, 0.2) is 91.0 Å². The molecule has 2 heteroatoms. The van der Waals surface area contributed by atoms with Gasteiger partial charge in [-0.1, -0.05) is 93.6 Å². The highest BCUT2D eigenvalue weighted by Crippen LogP contribution is 2.30. The quantitative estimate of drug-likeness (QED) is 0.411. The SMILES string of the molecule is CC(C)(C)c1ccc(-c2cc(-c3ccccc3)nn2-c2ccccc2)cc1. The van der Waals surface area contributed by atoms with Crippen molar-refractivity contribution in [3.8, 4) is 28.2 Å². The van der Waals surface area contributed by atoms with Crippen molar-refractivity contribution in [2.75, 3.05) is 0 Å². The Morgan fingerprint density at radius 3 is 1.85 bits per heavy atom. The largest absolute Gasteiger partial charge is 0.232 e. The third kappa shape index (κ3) is 3.56. The molecule has 0 bridgehead atoms. The van der Waals surface area contributed by atoms with E-state index in [0.717, 1.165) is 22.6 Å². The van der Waals surface area contributed by atoms with Gasteiger partial charge in [0.05, 0.1) is 17.1 Å². The molecular formula is C25H24N2. The average molecular weight is 352 g/mol. The second-order valence-electron chi connectivity index (χ2n) is 7.86. The Labute approximate surface area is 161 Å². The summed E-state index contributed by atoms with van der Waals surface area (Å²) in [7, 11) is 0. The van der Waals surface area contributed by atoms with Gasteiger partial charge in [-0.15, -0.1) is 0 Å². The maximum Gasteiger partial charge on any atom is 0.0934 e. The van der Waals surface area contributed by atoms with Gasteiger partial charge in [-0.05, 0) is 29.2 Å². The molecule has 0 spiro atoms. The van der Waals surface area contributed by atoms with Gasteiger partial charge in [0.25, 0.3) is 0 Å². The van der Waals surface area contributed by atoms with Gasteiger partial charge in [-0.3, -0.25) is 0 Å². The molecular weight excluding hydrogens is 328 g/mol. The van der Waals surface area contributed by atoms with Crippen LogP contribution in [0.1, 0.15) is 26.3 Å². The van der Waals surface area contributed by atoms with Gasteiger partial charge in [0.1, 0.15) is 0 Å². The van der Waals surface area contributed by atoms with Gasteiger partial charge < -0.3 is 0 Å². The molecule has 0 atom stereocenters. The first-order valence-corrected chi connectivity index (χ1v) is 9.34. The number of hydrogen-bond donors (Lipinski definition) is 0. The fourth-order valence-electron chi connectivity index (χ4n) is 3.24. The van der Waals surface area contributed by atoms with Gasteiger partial charge >= 0.3 is 0 Å². The number of aromatic nitrogens is 2. The topological polar surface area (TPSA) is 17.8 Å². The van der Waals surface area contributed by atoms with Crippen molar-refractivity contribution in [1.82, 2.24) is 9.78 Å². The summed E-state index contributed by atoms with van der Waals surface area (Å²) in [5.41, 5.74) is 6.92. The van der Waals surface area contributed by atoms with Gasteiger partial charge in [-0.25, -0.2) is 4.68 Å². The first-order valence-electron chi connectivity index (χ1n) is 9.34. The summed E-state index contributed by atoms with van der Waals surface area (Å²) in [6, 6.07) is 31.7. The molecule has 1 aromatic heterocycles. The molecule has 134 valence electrons. The Balaban J connectivity index is 1.85. The number of para-hydroxylation sites is 1. The summed E-state index contributed by atoms with van der Waals surface area (Å²) < 4.78 is 2.04. The van der Waals surface area contributed by atoms with Crippen LogP contribution in [0.5, 0.6) is 0 Å². The van der Waals surface area contributed by atoms with E-state index < -0.39 is 0 Å². The molecule has 0 unspecified atom stereocenters. The molecule has 4 aromatic rings. The maximum absolute atomic E-state index is 4.91. The summed E-state index contributed by atoms with van der Waals surface area (Å²) in [5.74, 6) is 0. The monoisotopic (exact) mass is 352 g/mol. The summed E-state index contributed by atoms with van der Waals surface area (Å²) in [6.45, 7) is 6.72. The van der Waals surface area contributed by atoms with Crippen LogP contribution < -0.4 is 0 Å². The van der Waals surface area contributed by atoms with E-state index in [4.69, 9.17) is 5.10 Å². The van der Waals surface area contributed by atoms with E-state index in [-0.39, 0.29) is 5.41 Å². The lowest BCUT2D eigenvalue weighted by atomic mass is 9.86. The standard InChI is InChI=1S/C25H24N2/c1-25(2,3)21-16-14-20(15-17-21)24-18-23(19-10-6-4-7-11-19)26-27(24)22-12-8-5-9-13-22/h4-18H,1-3H3. The minimum atomic E-state index is 0.146. The van der Waals surface area contributed by atoms with Gasteiger partial charge in [0, 0.05) is 11.1 Å². The zero-order chi connectivity index (χ0) is 18.9. The molecule has 3 aromatic carbocycles. The first kappa shape index (κ1) is 17.3. The van der Waals surface area contributed by atoms with Gasteiger partial charge in [-0.2, -0.15) is 5.10 Å². The van der Waals surface area contributed by atoms with E-state index in [1.54, 1.807) is 0 Å². The van der Waals surface area contributed by atoms with Gasteiger partial charge in [0.15, 0.2) is 0 Å². The minimum absolute atomic E-state index is 0.146. The Kier molecular flexibility index (Phi) is 4.41. The maximum atomic E-state index is 4.91. The lowest BCUT2D eigenvalue weighted by Crippen LogP contribution is -2.10.